The minimum atomic E-state index is -1.17. The zero-order valence-electron chi connectivity index (χ0n) is 41.1. The lowest BCUT2D eigenvalue weighted by molar-refractivity contribution is -0.131. The van der Waals surface area contributed by atoms with Gasteiger partial charge in [0.05, 0.1) is 24.0 Å². The molecule has 1 saturated carbocycles. The van der Waals surface area contributed by atoms with Gasteiger partial charge in [-0.15, -0.1) is 0 Å². The number of benzene rings is 4. The number of fused-ring (bicyclic) bond motifs is 2. The number of hydrogen-bond donors (Lipinski definition) is 3. The molecular formula is C56H61F2N9O6. The van der Waals surface area contributed by atoms with Crippen LogP contribution in [0.1, 0.15) is 67.3 Å². The van der Waals surface area contributed by atoms with Crippen LogP contribution in [-0.2, 0) is 20.9 Å². The number of pyridine rings is 1. The number of nitrogens with zero attached hydrogens (tertiary/aromatic N) is 6. The normalized spacial score (nSPS) is 20.7. The number of rotatable bonds is 13. The fourth-order valence-electron chi connectivity index (χ4n) is 11.5. The van der Waals surface area contributed by atoms with Crippen LogP contribution < -0.4 is 35.2 Å². The number of carbonyl (C=O) groups excluding carboxylic acids is 4. The van der Waals surface area contributed by atoms with Gasteiger partial charge < -0.3 is 45.0 Å². The molecule has 6 heterocycles. The molecule has 4 aromatic carbocycles. The maximum atomic E-state index is 15.6. The third-order valence-corrected chi connectivity index (χ3v) is 16.0. The van der Waals surface area contributed by atoms with E-state index in [1.54, 1.807) is 42.5 Å². The molecule has 1 aliphatic carbocycles. The molecule has 4 amide bonds. The van der Waals surface area contributed by atoms with Crippen molar-refractivity contribution in [2.24, 2.45) is 11.3 Å². The summed E-state index contributed by atoms with van der Waals surface area (Å²) >= 11 is 0. The molecule has 17 heteroatoms. The fraction of sp³-hybridized carbons (Fsp3) is 0.411. The van der Waals surface area contributed by atoms with Crippen LogP contribution in [-0.4, -0.2) is 121 Å². The quantitative estimate of drug-likeness (QED) is 0.0988. The molecule has 0 bridgehead atoms. The summed E-state index contributed by atoms with van der Waals surface area (Å²) < 4.78 is 41.3. The van der Waals surface area contributed by atoms with E-state index in [2.05, 4.69) is 48.2 Å². The monoisotopic (exact) mass is 993 g/mol. The van der Waals surface area contributed by atoms with Crippen LogP contribution in [0.2, 0.25) is 0 Å². The van der Waals surface area contributed by atoms with Crippen molar-refractivity contribution in [3.63, 3.8) is 0 Å². The average Bonchev–Trinajstić information content (AvgIpc) is 4.17. The van der Waals surface area contributed by atoms with Gasteiger partial charge >= 0.3 is 0 Å². The molecule has 11 rings (SSSR count). The Bertz CT molecular complexity index is 2950. The van der Waals surface area contributed by atoms with Gasteiger partial charge in [-0.2, -0.15) is 0 Å². The third kappa shape index (κ3) is 9.91. The highest BCUT2D eigenvalue weighted by Crippen LogP contribution is 2.48. The first-order chi connectivity index (χ1) is 35.4. The highest BCUT2D eigenvalue weighted by atomic mass is 19.1. The van der Waals surface area contributed by atoms with Gasteiger partial charge in [-0.3, -0.25) is 29.1 Å². The van der Waals surface area contributed by atoms with Gasteiger partial charge in [-0.25, -0.2) is 8.78 Å². The molecule has 5 aliphatic heterocycles. The highest BCUT2D eigenvalue weighted by molar-refractivity contribution is 6.17. The van der Waals surface area contributed by atoms with E-state index in [0.717, 1.165) is 112 Å². The molecule has 1 unspecified atom stereocenters. The molecule has 1 atom stereocenters. The number of allylic oxidation sites excluding steroid dienone is 1. The number of amides is 4. The molecule has 0 radical (unpaired) electrons. The minimum absolute atomic E-state index is 0.224. The summed E-state index contributed by atoms with van der Waals surface area (Å²) in [6.07, 6.45) is 7.80. The Morgan fingerprint density at radius 1 is 0.781 bits per heavy atom. The van der Waals surface area contributed by atoms with Crippen molar-refractivity contribution in [3.05, 3.63) is 120 Å². The van der Waals surface area contributed by atoms with Crippen molar-refractivity contribution in [3.8, 4) is 17.2 Å². The standard InChI is InChI=1S/C56H61F2N9O6/c1-35-3-12-47(52(68)60-35)67-34-37-29-48(45(58)30-43(37)53(67)69)65-23-16-41(17-24-65)64-27-25-63(26-28-64)33-36-14-21-66(22-15-36)49-32-46-44(31-51(49)72-2)50(13-20-59-46)73-42-10-8-40(9-11-42)62-55(71)56(18-19-56)54(70)61-39-6-4-38(57)5-7-39/h4-11,13,20,29-32,36,41,47H,1,3,12,14-19,21-28,33-34H2,2H3,(H,60,68)(H,61,70)(H,62,71). The fourth-order valence-corrected chi connectivity index (χ4v) is 11.5. The first-order valence-electron chi connectivity index (χ1n) is 25.6. The second-order valence-electron chi connectivity index (χ2n) is 20.5. The number of nitrogens with one attached hydrogen (secondary N) is 3. The van der Waals surface area contributed by atoms with E-state index in [4.69, 9.17) is 14.5 Å². The number of piperidine rings is 3. The maximum absolute atomic E-state index is 15.6. The summed E-state index contributed by atoms with van der Waals surface area (Å²) in [5, 5.41) is 9.19. The first kappa shape index (κ1) is 48.2. The first-order valence-corrected chi connectivity index (χ1v) is 25.6. The zero-order chi connectivity index (χ0) is 50.4. The number of ether oxygens (including phenoxy) is 2. The van der Waals surface area contributed by atoms with E-state index in [-0.39, 0.29) is 17.6 Å². The Morgan fingerprint density at radius 3 is 2.10 bits per heavy atom. The second kappa shape index (κ2) is 20.1. The minimum Gasteiger partial charge on any atom is -0.495 e. The van der Waals surface area contributed by atoms with Crippen molar-refractivity contribution in [1.29, 1.82) is 0 Å². The van der Waals surface area contributed by atoms with E-state index in [9.17, 15) is 23.6 Å². The van der Waals surface area contributed by atoms with Crippen molar-refractivity contribution < 1.29 is 37.4 Å². The molecule has 3 N–H and O–H groups in total. The Morgan fingerprint density at radius 2 is 1.44 bits per heavy atom. The van der Waals surface area contributed by atoms with Gasteiger partial charge in [-0.1, -0.05) is 6.58 Å². The molecule has 4 saturated heterocycles. The van der Waals surface area contributed by atoms with E-state index in [1.165, 1.54) is 30.3 Å². The topological polar surface area (TPSA) is 152 Å². The number of hydrogen-bond acceptors (Lipinski definition) is 11. The van der Waals surface area contributed by atoms with Crippen LogP contribution in [0.4, 0.5) is 31.5 Å². The van der Waals surface area contributed by atoms with Gasteiger partial charge in [0.1, 0.15) is 40.3 Å². The third-order valence-electron chi connectivity index (χ3n) is 16.0. The molecule has 15 nitrogen and oxygen atoms in total. The second-order valence-corrected chi connectivity index (χ2v) is 20.5. The molecule has 0 spiro atoms. The van der Waals surface area contributed by atoms with Crippen LogP contribution in [0.3, 0.4) is 0 Å². The lowest BCUT2D eigenvalue weighted by Gasteiger charge is -2.44. The van der Waals surface area contributed by atoms with Gasteiger partial charge in [0.2, 0.25) is 17.7 Å². The van der Waals surface area contributed by atoms with Crippen LogP contribution in [0.25, 0.3) is 10.9 Å². The summed E-state index contributed by atoms with van der Waals surface area (Å²) in [7, 11) is 1.69. The number of aromatic nitrogens is 1. The van der Waals surface area contributed by atoms with Crippen LogP contribution in [0.15, 0.2) is 97.3 Å². The Kier molecular flexibility index (Phi) is 13.2. The highest BCUT2D eigenvalue weighted by Gasteiger charge is 2.56. The Hall–Kier alpha value is -7.11. The van der Waals surface area contributed by atoms with E-state index in [0.29, 0.717) is 84.0 Å². The lowest BCUT2D eigenvalue weighted by atomic mass is 9.95. The summed E-state index contributed by atoms with van der Waals surface area (Å²) in [6.45, 7) is 12.7. The van der Waals surface area contributed by atoms with Gasteiger partial charge in [0.15, 0.2) is 0 Å². The Labute approximate surface area is 423 Å². The molecular weight excluding hydrogens is 933 g/mol. The van der Waals surface area contributed by atoms with E-state index < -0.39 is 29.1 Å². The number of halogens is 2. The van der Waals surface area contributed by atoms with Gasteiger partial charge in [-0.05, 0) is 142 Å². The summed E-state index contributed by atoms with van der Waals surface area (Å²) in [5.41, 5.74) is 3.93. The largest absolute Gasteiger partial charge is 0.495 e. The van der Waals surface area contributed by atoms with Crippen molar-refractivity contribution in [1.82, 2.24) is 25.0 Å². The molecule has 5 fully saturated rings. The summed E-state index contributed by atoms with van der Waals surface area (Å²) in [4.78, 5) is 68.3. The van der Waals surface area contributed by atoms with Crippen molar-refractivity contribution >= 4 is 57.3 Å². The average molecular weight is 994 g/mol. The summed E-state index contributed by atoms with van der Waals surface area (Å²) in [5.74, 6) is 0.424. The van der Waals surface area contributed by atoms with Crippen molar-refractivity contribution in [2.75, 3.05) is 86.4 Å². The molecule has 6 aliphatic rings. The predicted molar refractivity (Wildman–Crippen MR) is 275 cm³/mol. The molecule has 73 heavy (non-hydrogen) atoms. The lowest BCUT2D eigenvalue weighted by Crippen LogP contribution is -2.54. The molecule has 1 aromatic heterocycles. The van der Waals surface area contributed by atoms with E-state index in [1.807, 2.05) is 18.2 Å². The number of piperazine rings is 1. The Balaban J connectivity index is 0.636. The number of methoxy groups -OCH3 is 1. The zero-order valence-corrected chi connectivity index (χ0v) is 41.1. The maximum Gasteiger partial charge on any atom is 0.255 e. The van der Waals surface area contributed by atoms with Crippen LogP contribution in [0.5, 0.6) is 17.2 Å². The predicted octanol–water partition coefficient (Wildman–Crippen LogP) is 7.92. The molecule has 380 valence electrons. The van der Waals surface area contributed by atoms with Gasteiger partial charge in [0, 0.05) is 106 Å². The van der Waals surface area contributed by atoms with Crippen LogP contribution >= 0.6 is 0 Å². The molecule has 5 aromatic rings. The van der Waals surface area contributed by atoms with Gasteiger partial charge in [0.25, 0.3) is 5.91 Å². The SMILES string of the molecule is C=C1CCC(N2Cc3cc(N4CCC(N5CCN(CC6CCN(c7cc8nccc(Oc9ccc(NC(=O)C%10(C(=O)Nc%11ccc(F)cc%11)CC%10)cc9)c8cc7OC)CC6)CC5)CC4)c(F)cc3C2=O)C(=O)N1. The number of carbonyl (C=O) groups is 4. The number of anilines is 4. The van der Waals surface area contributed by atoms with Crippen molar-refractivity contribution in [2.45, 2.75) is 70.0 Å². The summed E-state index contributed by atoms with van der Waals surface area (Å²) in [6, 6.07) is 21.4. The smallest absolute Gasteiger partial charge is 0.255 e. The van der Waals surface area contributed by atoms with Crippen LogP contribution in [0, 0.1) is 23.0 Å². The van der Waals surface area contributed by atoms with E-state index >= 15 is 4.39 Å².